The van der Waals surface area contributed by atoms with Gasteiger partial charge in [-0.1, -0.05) is 35.5 Å². The van der Waals surface area contributed by atoms with Gasteiger partial charge in [0.1, 0.15) is 5.03 Å². The molecular weight excluding hydrogens is 230 g/mol. The lowest BCUT2D eigenvalue weighted by molar-refractivity contribution is 0.589. The summed E-state index contributed by atoms with van der Waals surface area (Å²) in [7, 11) is -0.759. The summed E-state index contributed by atoms with van der Waals surface area (Å²) in [5, 5.41) is 9.57. The highest BCUT2D eigenvalue weighted by atomic mass is 32.3. The normalized spacial score (nSPS) is 12.6. The van der Waals surface area contributed by atoms with E-state index in [1.165, 1.54) is 5.56 Å². The zero-order valence-corrected chi connectivity index (χ0v) is 11.4. The fourth-order valence-corrected chi connectivity index (χ4v) is 2.28. The molecule has 0 saturated carbocycles. The van der Waals surface area contributed by atoms with Crippen molar-refractivity contribution in [3.8, 4) is 0 Å². The number of benzene rings is 1. The molecular formula is C13H19N3S. The van der Waals surface area contributed by atoms with Gasteiger partial charge in [0, 0.05) is 6.54 Å². The first-order valence-electron chi connectivity index (χ1n) is 5.68. The van der Waals surface area contributed by atoms with Crippen LogP contribution in [0.2, 0.25) is 0 Å². The van der Waals surface area contributed by atoms with Crippen molar-refractivity contribution in [3.05, 3.63) is 42.1 Å². The second kappa shape index (κ2) is 4.92. The van der Waals surface area contributed by atoms with Crippen LogP contribution in [0.1, 0.15) is 5.56 Å². The average molecular weight is 249 g/mol. The van der Waals surface area contributed by atoms with Gasteiger partial charge < -0.3 is 0 Å². The molecule has 17 heavy (non-hydrogen) atoms. The topological polar surface area (TPSA) is 30.7 Å². The highest BCUT2D eigenvalue weighted by Gasteiger charge is 2.12. The molecule has 2 rings (SSSR count). The average Bonchev–Trinajstić information content (AvgIpc) is 2.76. The van der Waals surface area contributed by atoms with Crippen molar-refractivity contribution in [1.82, 2.24) is 15.0 Å². The van der Waals surface area contributed by atoms with Crippen molar-refractivity contribution in [2.24, 2.45) is 0 Å². The molecule has 0 atom stereocenters. The molecule has 0 radical (unpaired) electrons. The van der Waals surface area contributed by atoms with Crippen LogP contribution >= 0.6 is 10.0 Å². The molecule has 2 aromatic rings. The van der Waals surface area contributed by atoms with Crippen LogP contribution in [0, 0.1) is 0 Å². The summed E-state index contributed by atoms with van der Waals surface area (Å²) in [6, 6.07) is 10.5. The summed E-state index contributed by atoms with van der Waals surface area (Å²) < 4.78 is 1.95. The first-order valence-corrected chi connectivity index (χ1v) is 8.54. The molecule has 0 fully saturated rings. The van der Waals surface area contributed by atoms with Crippen LogP contribution in [-0.2, 0) is 13.0 Å². The second-order valence-corrected chi connectivity index (χ2v) is 8.99. The molecule has 3 nitrogen and oxygen atoms in total. The van der Waals surface area contributed by atoms with Crippen LogP contribution in [0.15, 0.2) is 41.6 Å². The van der Waals surface area contributed by atoms with Gasteiger partial charge in [-0.05, 0) is 30.8 Å². The lowest BCUT2D eigenvalue weighted by atomic mass is 10.2. The van der Waals surface area contributed by atoms with Crippen LogP contribution in [0.25, 0.3) is 0 Å². The molecule has 4 heteroatoms. The molecule has 0 aliphatic heterocycles. The van der Waals surface area contributed by atoms with E-state index in [1.807, 2.05) is 10.7 Å². The van der Waals surface area contributed by atoms with Crippen molar-refractivity contribution < 1.29 is 0 Å². The SMILES string of the molecule is CS(C)(C)c1cn(CCc2ccccc2)nn1. The van der Waals surface area contributed by atoms with E-state index >= 15 is 0 Å². The standard InChI is InChI=1S/C13H19N3S/c1-17(2,3)13-11-16(15-14-13)10-9-12-7-5-4-6-8-12/h4-8,11H,9-10H2,1-3H3. The van der Waals surface area contributed by atoms with Crippen LogP contribution in [0.3, 0.4) is 0 Å². The minimum atomic E-state index is -0.759. The smallest absolute Gasteiger partial charge is 0.121 e. The molecule has 0 N–H and O–H groups in total. The predicted molar refractivity (Wildman–Crippen MR) is 73.8 cm³/mol. The highest BCUT2D eigenvalue weighted by molar-refractivity contribution is 8.32. The van der Waals surface area contributed by atoms with Crippen molar-refractivity contribution in [2.75, 3.05) is 18.8 Å². The van der Waals surface area contributed by atoms with Crippen molar-refractivity contribution in [2.45, 2.75) is 18.0 Å². The molecule has 0 aliphatic rings. The third-order valence-electron chi connectivity index (χ3n) is 2.62. The molecule has 1 aromatic heterocycles. The Morgan fingerprint density at radius 1 is 1.12 bits per heavy atom. The molecule has 0 saturated heterocycles. The molecule has 1 aromatic carbocycles. The minimum Gasteiger partial charge on any atom is -0.251 e. The summed E-state index contributed by atoms with van der Waals surface area (Å²) in [6.07, 6.45) is 9.79. The Hall–Kier alpha value is -1.29. The summed E-state index contributed by atoms with van der Waals surface area (Å²) in [5.41, 5.74) is 1.34. The van der Waals surface area contributed by atoms with Gasteiger partial charge >= 0.3 is 0 Å². The Bertz CT molecular complexity index is 471. The number of hydrogen-bond donors (Lipinski definition) is 0. The molecule has 0 unspecified atom stereocenters. The van der Waals surface area contributed by atoms with Crippen LogP contribution < -0.4 is 0 Å². The molecule has 0 spiro atoms. The van der Waals surface area contributed by atoms with Gasteiger partial charge in [0.15, 0.2) is 0 Å². The fourth-order valence-electron chi connectivity index (χ4n) is 1.56. The van der Waals surface area contributed by atoms with E-state index < -0.39 is 10.0 Å². The van der Waals surface area contributed by atoms with Gasteiger partial charge in [-0.2, -0.15) is 0 Å². The van der Waals surface area contributed by atoms with E-state index in [-0.39, 0.29) is 0 Å². The zero-order valence-electron chi connectivity index (χ0n) is 10.6. The van der Waals surface area contributed by atoms with Crippen LogP contribution in [0.4, 0.5) is 0 Å². The van der Waals surface area contributed by atoms with Gasteiger partial charge in [-0.25, -0.2) is 10.0 Å². The van der Waals surface area contributed by atoms with E-state index in [2.05, 4.69) is 59.5 Å². The van der Waals surface area contributed by atoms with Crippen molar-refractivity contribution >= 4 is 10.0 Å². The van der Waals surface area contributed by atoms with Gasteiger partial charge in [-0.3, -0.25) is 4.68 Å². The van der Waals surface area contributed by atoms with E-state index in [9.17, 15) is 0 Å². The Morgan fingerprint density at radius 3 is 2.41 bits per heavy atom. The van der Waals surface area contributed by atoms with E-state index in [0.29, 0.717) is 0 Å². The first-order chi connectivity index (χ1) is 8.05. The van der Waals surface area contributed by atoms with E-state index in [1.54, 1.807) is 0 Å². The lowest BCUT2D eigenvalue weighted by Crippen LogP contribution is -2.01. The minimum absolute atomic E-state index is 0.759. The molecule has 0 aliphatic carbocycles. The third kappa shape index (κ3) is 3.33. The van der Waals surface area contributed by atoms with Crippen LogP contribution in [-0.4, -0.2) is 33.8 Å². The predicted octanol–water partition coefficient (Wildman–Crippen LogP) is 2.57. The Balaban J connectivity index is 1.99. The zero-order chi connectivity index (χ0) is 12.3. The Morgan fingerprint density at radius 2 is 1.82 bits per heavy atom. The van der Waals surface area contributed by atoms with Gasteiger partial charge in [0.05, 0.1) is 6.20 Å². The van der Waals surface area contributed by atoms with E-state index in [4.69, 9.17) is 0 Å². The number of rotatable bonds is 4. The maximum Gasteiger partial charge on any atom is 0.121 e. The molecule has 0 amide bonds. The monoisotopic (exact) mass is 249 g/mol. The summed E-state index contributed by atoms with van der Waals surface area (Å²) >= 11 is 0. The number of aryl methyl sites for hydroxylation is 2. The first kappa shape index (κ1) is 12.2. The van der Waals surface area contributed by atoms with Gasteiger partial charge in [0.2, 0.25) is 0 Å². The maximum atomic E-state index is 4.25. The van der Waals surface area contributed by atoms with Crippen molar-refractivity contribution in [3.63, 3.8) is 0 Å². The van der Waals surface area contributed by atoms with Gasteiger partial charge in [-0.15, -0.1) is 5.10 Å². The van der Waals surface area contributed by atoms with Crippen LogP contribution in [0.5, 0.6) is 0 Å². The maximum absolute atomic E-state index is 4.25. The molecule has 0 bridgehead atoms. The molecule has 1 heterocycles. The lowest BCUT2D eigenvalue weighted by Gasteiger charge is -2.20. The third-order valence-corrected chi connectivity index (χ3v) is 4.06. The van der Waals surface area contributed by atoms with Crippen molar-refractivity contribution in [1.29, 1.82) is 0 Å². The fraction of sp³-hybridized carbons (Fsp3) is 0.385. The largest absolute Gasteiger partial charge is 0.251 e. The highest BCUT2D eigenvalue weighted by Crippen LogP contribution is 2.43. The summed E-state index contributed by atoms with van der Waals surface area (Å²) in [4.78, 5) is 0. The summed E-state index contributed by atoms with van der Waals surface area (Å²) in [6.45, 7) is 0.895. The number of aromatic nitrogens is 3. The number of nitrogens with zero attached hydrogens (tertiary/aromatic N) is 3. The Kier molecular flexibility index (Phi) is 3.52. The second-order valence-electron chi connectivity index (χ2n) is 4.89. The van der Waals surface area contributed by atoms with E-state index in [0.717, 1.165) is 18.0 Å². The number of hydrogen-bond acceptors (Lipinski definition) is 2. The van der Waals surface area contributed by atoms with Gasteiger partial charge in [0.25, 0.3) is 0 Å². The Labute approximate surface area is 104 Å². The summed E-state index contributed by atoms with van der Waals surface area (Å²) in [5.74, 6) is 0. The quantitative estimate of drug-likeness (QED) is 0.834. The molecule has 92 valence electrons.